The highest BCUT2D eigenvalue weighted by Crippen LogP contribution is 2.28. The second kappa shape index (κ2) is 16.9. The molecule has 5 heterocycles. The first-order valence-electron chi connectivity index (χ1n) is 18.4. The Balaban J connectivity index is 0.820. The van der Waals surface area contributed by atoms with Crippen LogP contribution in [0.4, 0.5) is 20.2 Å². The van der Waals surface area contributed by atoms with Gasteiger partial charge in [-0.25, -0.2) is 13.8 Å². The van der Waals surface area contributed by atoms with Crippen LogP contribution in [0, 0.1) is 17.6 Å². The second-order valence-corrected chi connectivity index (χ2v) is 15.5. The van der Waals surface area contributed by atoms with Gasteiger partial charge in [0.2, 0.25) is 11.8 Å². The number of benzene rings is 2. The summed E-state index contributed by atoms with van der Waals surface area (Å²) in [7, 11) is 0. The molecule has 1 unspecified atom stereocenters. The highest BCUT2D eigenvalue weighted by molar-refractivity contribution is 7.99. The van der Waals surface area contributed by atoms with Crippen molar-refractivity contribution in [2.45, 2.75) is 55.6 Å². The van der Waals surface area contributed by atoms with E-state index in [9.17, 15) is 23.2 Å². The molecule has 280 valence electrons. The number of carbonyl (C=O) groups is 2. The van der Waals surface area contributed by atoms with Gasteiger partial charge in [-0.05, 0) is 69.3 Å². The summed E-state index contributed by atoms with van der Waals surface area (Å²) in [6.07, 6.45) is 4.52. The zero-order chi connectivity index (χ0) is 36.0. The van der Waals surface area contributed by atoms with Gasteiger partial charge in [-0.1, -0.05) is 0 Å². The Kier molecular flexibility index (Phi) is 11.9. The minimum absolute atomic E-state index is 0.0361. The molecule has 4 aliphatic rings. The lowest BCUT2D eigenvalue weighted by Crippen LogP contribution is -2.49. The van der Waals surface area contributed by atoms with E-state index in [-0.39, 0.29) is 23.4 Å². The lowest BCUT2D eigenvalue weighted by Gasteiger charge is -2.38. The predicted molar refractivity (Wildman–Crippen MR) is 197 cm³/mol. The number of hydrogen-bond acceptors (Lipinski definition) is 11. The van der Waals surface area contributed by atoms with Gasteiger partial charge in [0, 0.05) is 82.0 Å². The van der Waals surface area contributed by atoms with Crippen LogP contribution in [0.1, 0.15) is 44.3 Å². The molecule has 4 fully saturated rings. The number of carbonyl (C=O) groups excluding carboxylic acids is 2. The number of amides is 2. The third kappa shape index (κ3) is 9.22. The van der Waals surface area contributed by atoms with Crippen molar-refractivity contribution < 1.29 is 27.8 Å². The van der Waals surface area contributed by atoms with Gasteiger partial charge in [0.05, 0.1) is 23.6 Å². The molecular formula is C37H47F2N7O5S. The number of halogens is 2. The fraction of sp³-hybridized carbons (Fsp3) is 0.568. The molecule has 52 heavy (non-hydrogen) atoms. The average Bonchev–Trinajstić information content (AvgIpc) is 3.15. The van der Waals surface area contributed by atoms with Crippen LogP contribution < -0.4 is 25.8 Å². The molecule has 12 nitrogen and oxygen atoms in total. The number of nitrogens with one attached hydrogen (secondary N) is 3. The van der Waals surface area contributed by atoms with Crippen LogP contribution in [0.15, 0.2) is 35.1 Å². The molecule has 1 atom stereocenters. The Bertz CT molecular complexity index is 1790. The molecule has 3 aromatic rings. The molecular weight excluding hydrogens is 693 g/mol. The third-order valence-corrected chi connectivity index (χ3v) is 12.0. The molecule has 15 heteroatoms. The van der Waals surface area contributed by atoms with Crippen LogP contribution in [-0.2, 0) is 20.1 Å². The molecule has 2 amide bonds. The van der Waals surface area contributed by atoms with Crippen molar-refractivity contribution in [3.63, 3.8) is 0 Å². The van der Waals surface area contributed by atoms with Gasteiger partial charge >= 0.3 is 0 Å². The molecule has 2 aromatic carbocycles. The van der Waals surface area contributed by atoms with Crippen LogP contribution >= 0.6 is 11.8 Å². The topological polar surface area (TPSA) is 132 Å². The van der Waals surface area contributed by atoms with Gasteiger partial charge in [-0.15, -0.1) is 0 Å². The molecule has 0 radical (unpaired) electrons. The number of nitrogens with zero attached hydrogens (tertiary/aromatic N) is 4. The molecule has 0 saturated carbocycles. The fourth-order valence-electron chi connectivity index (χ4n) is 7.38. The Morgan fingerprint density at radius 2 is 1.65 bits per heavy atom. The summed E-state index contributed by atoms with van der Waals surface area (Å²) >= 11 is 1.75. The van der Waals surface area contributed by atoms with Crippen LogP contribution in [0.5, 0.6) is 5.75 Å². The van der Waals surface area contributed by atoms with E-state index in [2.05, 4.69) is 35.3 Å². The normalized spacial score (nSPS) is 21.4. The van der Waals surface area contributed by atoms with Crippen molar-refractivity contribution in [2.75, 3.05) is 82.4 Å². The van der Waals surface area contributed by atoms with Crippen molar-refractivity contribution in [2.24, 2.45) is 5.92 Å². The number of fused-ring (bicyclic) bond motifs is 1. The number of ether oxygens (including phenoxy) is 2. The number of likely N-dealkylation sites (tertiary alicyclic amines) is 1. The Morgan fingerprint density at radius 3 is 2.38 bits per heavy atom. The molecule has 1 aromatic heterocycles. The van der Waals surface area contributed by atoms with Gasteiger partial charge in [0.25, 0.3) is 5.56 Å². The van der Waals surface area contributed by atoms with E-state index in [1.54, 1.807) is 23.9 Å². The molecule has 4 aliphatic heterocycles. The molecule has 0 aliphatic carbocycles. The van der Waals surface area contributed by atoms with E-state index in [0.717, 1.165) is 96.9 Å². The number of hydrogen-bond donors (Lipinski definition) is 3. The first-order valence-corrected chi connectivity index (χ1v) is 19.5. The predicted octanol–water partition coefficient (Wildman–Crippen LogP) is 3.74. The molecule has 0 spiro atoms. The summed E-state index contributed by atoms with van der Waals surface area (Å²) < 4.78 is 41.4. The smallest absolute Gasteiger partial charge is 0.261 e. The minimum atomic E-state index is -0.625. The van der Waals surface area contributed by atoms with Gasteiger partial charge in [0.1, 0.15) is 34.6 Å². The van der Waals surface area contributed by atoms with Crippen molar-refractivity contribution >= 4 is 45.9 Å². The molecule has 7 rings (SSSR count). The van der Waals surface area contributed by atoms with Crippen LogP contribution in [0.25, 0.3) is 10.9 Å². The first kappa shape index (κ1) is 36.6. The van der Waals surface area contributed by atoms with Gasteiger partial charge in [0.15, 0.2) is 0 Å². The van der Waals surface area contributed by atoms with Crippen LogP contribution in [0.3, 0.4) is 0 Å². The molecule has 3 N–H and O–H groups in total. The Labute approximate surface area is 306 Å². The van der Waals surface area contributed by atoms with Gasteiger partial charge in [-0.3, -0.25) is 24.6 Å². The maximum atomic E-state index is 15.0. The van der Waals surface area contributed by atoms with E-state index in [4.69, 9.17) is 9.47 Å². The second-order valence-electron chi connectivity index (χ2n) is 14.2. The number of anilines is 2. The summed E-state index contributed by atoms with van der Waals surface area (Å²) in [5.41, 5.74) is 0.932. The number of piperazine rings is 1. The summed E-state index contributed by atoms with van der Waals surface area (Å²) in [6, 6.07) is 7.40. The first-order chi connectivity index (χ1) is 25.3. The van der Waals surface area contributed by atoms with E-state index in [1.807, 2.05) is 6.07 Å². The van der Waals surface area contributed by atoms with Crippen molar-refractivity contribution in [1.29, 1.82) is 0 Å². The standard InChI is InChI=1S/C37H47F2N7O5S/c38-28-19-25(1-2-30(28)40-31-3-4-34(47)43-36(31)48)46-15-13-45(14-16-46)12-11-44-9-5-24(6-10-44)22-51-26-20-29(39)35-32(21-26)41-33(42-37(35)49)23-52-27-7-17-50-18-8-27/h1-2,19-21,24,27,31,40H,3-18,22-23H2,(H,41,42,49)(H,43,47,48). The SMILES string of the molecule is O=C1CCC(Nc2ccc(N3CCN(CCN4CCC(COc5cc(F)c6c(=O)[nH]c(CSC7CCOCC7)nc6c5)CC4)CC3)cc2F)C(=O)N1. The summed E-state index contributed by atoms with van der Waals surface area (Å²) in [5.74, 6) is 0.105. The summed E-state index contributed by atoms with van der Waals surface area (Å²) in [5, 5.41) is 5.66. The Morgan fingerprint density at radius 1 is 0.904 bits per heavy atom. The summed E-state index contributed by atoms with van der Waals surface area (Å²) in [6.45, 7) is 9.28. The quantitative estimate of drug-likeness (QED) is 0.235. The van der Waals surface area contributed by atoms with E-state index in [1.165, 1.54) is 12.1 Å². The van der Waals surface area contributed by atoms with Crippen LogP contribution in [-0.4, -0.2) is 115 Å². The lowest BCUT2D eigenvalue weighted by molar-refractivity contribution is -0.133. The zero-order valence-corrected chi connectivity index (χ0v) is 30.2. The van der Waals surface area contributed by atoms with Crippen molar-refractivity contribution in [3.8, 4) is 5.75 Å². The number of piperidine rings is 2. The highest BCUT2D eigenvalue weighted by atomic mass is 32.2. The highest BCUT2D eigenvalue weighted by Gasteiger charge is 2.28. The number of aromatic nitrogens is 2. The molecule has 0 bridgehead atoms. The monoisotopic (exact) mass is 739 g/mol. The van der Waals surface area contributed by atoms with Crippen LogP contribution in [0.2, 0.25) is 0 Å². The number of rotatable bonds is 12. The fourth-order valence-corrected chi connectivity index (χ4v) is 8.44. The number of imide groups is 1. The van der Waals surface area contributed by atoms with E-state index in [0.29, 0.717) is 47.0 Å². The number of aromatic amines is 1. The van der Waals surface area contributed by atoms with Gasteiger partial charge in [-0.2, -0.15) is 11.8 Å². The number of H-pyrrole nitrogens is 1. The zero-order valence-electron chi connectivity index (χ0n) is 29.3. The van der Waals surface area contributed by atoms with E-state index >= 15 is 0 Å². The van der Waals surface area contributed by atoms with E-state index < -0.39 is 29.1 Å². The van der Waals surface area contributed by atoms with Crippen molar-refractivity contribution in [3.05, 3.63) is 58.1 Å². The maximum absolute atomic E-state index is 15.0. The largest absolute Gasteiger partial charge is 0.493 e. The number of thioether (sulfide) groups is 1. The van der Waals surface area contributed by atoms with Gasteiger partial charge < -0.3 is 29.6 Å². The van der Waals surface area contributed by atoms with Crippen molar-refractivity contribution in [1.82, 2.24) is 25.1 Å². The molecule has 4 saturated heterocycles. The minimum Gasteiger partial charge on any atom is -0.493 e. The summed E-state index contributed by atoms with van der Waals surface area (Å²) in [4.78, 5) is 50.6. The third-order valence-electron chi connectivity index (χ3n) is 10.6. The average molecular weight is 740 g/mol. The maximum Gasteiger partial charge on any atom is 0.261 e. The Hall–Kier alpha value is -3.79. The lowest BCUT2D eigenvalue weighted by atomic mass is 9.98.